The third-order valence-corrected chi connectivity index (χ3v) is 3.22. The molecule has 1 unspecified atom stereocenters. The van der Waals surface area contributed by atoms with E-state index in [1.54, 1.807) is 13.2 Å². The van der Waals surface area contributed by atoms with Gasteiger partial charge in [0.2, 0.25) is 5.91 Å². The second kappa shape index (κ2) is 6.36. The van der Waals surface area contributed by atoms with Gasteiger partial charge in [-0.2, -0.15) is 0 Å². The topological polar surface area (TPSA) is 29.5 Å². The molecule has 0 aromatic heterocycles. The molecule has 1 aliphatic heterocycles. The fourth-order valence-corrected chi connectivity index (χ4v) is 2.23. The van der Waals surface area contributed by atoms with E-state index in [4.69, 9.17) is 4.74 Å². The van der Waals surface area contributed by atoms with Crippen LogP contribution in [0, 0.1) is 0 Å². The summed E-state index contributed by atoms with van der Waals surface area (Å²) in [6.45, 7) is 0.788. The molecule has 0 spiro atoms. The molecule has 96 valence electrons. The van der Waals surface area contributed by atoms with E-state index in [0.717, 1.165) is 31.4 Å². The lowest BCUT2D eigenvalue weighted by molar-refractivity contribution is -0.141. The van der Waals surface area contributed by atoms with Gasteiger partial charge in [0.15, 0.2) is 0 Å². The maximum absolute atomic E-state index is 12.1. The SMILES string of the molecule is COC1CCCCN1C(=O)/C=C/c1ccccc1. The van der Waals surface area contributed by atoms with E-state index in [2.05, 4.69) is 0 Å². The van der Waals surface area contributed by atoms with Gasteiger partial charge in [-0.25, -0.2) is 0 Å². The molecule has 3 nitrogen and oxygen atoms in total. The van der Waals surface area contributed by atoms with E-state index < -0.39 is 0 Å². The number of ether oxygens (including phenoxy) is 1. The third-order valence-electron chi connectivity index (χ3n) is 3.22. The van der Waals surface area contributed by atoms with E-state index in [1.165, 1.54) is 0 Å². The minimum absolute atomic E-state index is 0.0328. The van der Waals surface area contributed by atoms with Crippen LogP contribution in [0.15, 0.2) is 36.4 Å². The largest absolute Gasteiger partial charge is 0.362 e. The zero-order valence-electron chi connectivity index (χ0n) is 10.7. The van der Waals surface area contributed by atoms with Gasteiger partial charge in [0.1, 0.15) is 6.23 Å². The van der Waals surface area contributed by atoms with Crippen LogP contribution in [-0.4, -0.2) is 30.7 Å². The standard InChI is InChI=1S/C15H19NO2/c1-18-15-9-5-6-12-16(15)14(17)11-10-13-7-3-2-4-8-13/h2-4,7-8,10-11,15H,5-6,9,12H2,1H3/b11-10+. The molecule has 1 aromatic rings. The highest BCUT2D eigenvalue weighted by molar-refractivity contribution is 5.91. The van der Waals surface area contributed by atoms with Crippen molar-refractivity contribution in [3.8, 4) is 0 Å². The van der Waals surface area contributed by atoms with Crippen LogP contribution in [0.4, 0.5) is 0 Å². The van der Waals surface area contributed by atoms with E-state index in [-0.39, 0.29) is 12.1 Å². The summed E-state index contributed by atoms with van der Waals surface area (Å²) >= 11 is 0. The van der Waals surface area contributed by atoms with Gasteiger partial charge in [0, 0.05) is 19.7 Å². The first kappa shape index (κ1) is 12.8. The molecule has 0 radical (unpaired) electrons. The molecule has 2 rings (SSSR count). The van der Waals surface area contributed by atoms with Gasteiger partial charge < -0.3 is 9.64 Å². The van der Waals surface area contributed by atoms with Gasteiger partial charge >= 0.3 is 0 Å². The third kappa shape index (κ3) is 3.20. The Morgan fingerprint density at radius 1 is 1.33 bits per heavy atom. The van der Waals surface area contributed by atoms with Crippen LogP contribution in [0.25, 0.3) is 6.08 Å². The maximum atomic E-state index is 12.1. The van der Waals surface area contributed by atoms with Crippen molar-refractivity contribution < 1.29 is 9.53 Å². The minimum atomic E-state index is -0.0633. The van der Waals surface area contributed by atoms with Gasteiger partial charge in [-0.1, -0.05) is 30.3 Å². The minimum Gasteiger partial charge on any atom is -0.362 e. The fraction of sp³-hybridized carbons (Fsp3) is 0.400. The van der Waals surface area contributed by atoms with Gasteiger partial charge in [0.25, 0.3) is 0 Å². The Hall–Kier alpha value is -1.61. The van der Waals surface area contributed by atoms with Crippen LogP contribution in [0.1, 0.15) is 24.8 Å². The second-order valence-electron chi connectivity index (χ2n) is 4.46. The number of nitrogens with zero attached hydrogens (tertiary/aromatic N) is 1. The lowest BCUT2D eigenvalue weighted by Gasteiger charge is -2.33. The van der Waals surface area contributed by atoms with Gasteiger partial charge in [-0.05, 0) is 30.9 Å². The number of rotatable bonds is 3. The van der Waals surface area contributed by atoms with E-state index in [1.807, 2.05) is 41.3 Å². The monoisotopic (exact) mass is 245 g/mol. The number of methoxy groups -OCH3 is 1. The Morgan fingerprint density at radius 2 is 2.11 bits per heavy atom. The van der Waals surface area contributed by atoms with Crippen molar-refractivity contribution in [3.63, 3.8) is 0 Å². The summed E-state index contributed by atoms with van der Waals surface area (Å²) in [5, 5.41) is 0. The molecule has 1 atom stereocenters. The Morgan fingerprint density at radius 3 is 2.83 bits per heavy atom. The Balaban J connectivity index is 2.00. The van der Waals surface area contributed by atoms with Crippen molar-refractivity contribution in [1.82, 2.24) is 4.90 Å². The van der Waals surface area contributed by atoms with Crippen molar-refractivity contribution in [2.45, 2.75) is 25.5 Å². The lowest BCUT2D eigenvalue weighted by Crippen LogP contribution is -2.43. The molecule has 0 aliphatic carbocycles. The molecule has 1 heterocycles. The van der Waals surface area contributed by atoms with Crippen LogP contribution in [-0.2, 0) is 9.53 Å². The number of carbonyl (C=O) groups excluding carboxylic acids is 1. The molecule has 1 amide bonds. The first-order chi connectivity index (χ1) is 8.81. The fourth-order valence-electron chi connectivity index (χ4n) is 2.23. The summed E-state index contributed by atoms with van der Waals surface area (Å²) in [4.78, 5) is 13.9. The lowest BCUT2D eigenvalue weighted by atomic mass is 10.1. The molecular weight excluding hydrogens is 226 g/mol. The summed E-state index contributed by atoms with van der Waals surface area (Å²) in [6, 6.07) is 9.85. The first-order valence-corrected chi connectivity index (χ1v) is 6.38. The second-order valence-corrected chi connectivity index (χ2v) is 4.46. The van der Waals surface area contributed by atoms with Crippen molar-refractivity contribution >= 4 is 12.0 Å². The Bertz CT molecular complexity index is 414. The number of likely N-dealkylation sites (tertiary alicyclic amines) is 1. The van der Waals surface area contributed by atoms with E-state index in [9.17, 15) is 4.79 Å². The molecule has 1 aromatic carbocycles. The molecule has 0 bridgehead atoms. The van der Waals surface area contributed by atoms with Crippen molar-refractivity contribution in [2.75, 3.05) is 13.7 Å². The van der Waals surface area contributed by atoms with Gasteiger partial charge in [0.05, 0.1) is 0 Å². The molecule has 3 heteroatoms. The first-order valence-electron chi connectivity index (χ1n) is 6.38. The van der Waals surface area contributed by atoms with Gasteiger partial charge in [-0.3, -0.25) is 4.79 Å². The molecule has 1 saturated heterocycles. The maximum Gasteiger partial charge on any atom is 0.248 e. The summed E-state index contributed by atoms with van der Waals surface area (Å²) in [5.74, 6) is 0.0328. The number of carbonyl (C=O) groups is 1. The van der Waals surface area contributed by atoms with Crippen LogP contribution in [0.5, 0.6) is 0 Å². The number of hydrogen-bond acceptors (Lipinski definition) is 2. The highest BCUT2D eigenvalue weighted by atomic mass is 16.5. The molecule has 18 heavy (non-hydrogen) atoms. The van der Waals surface area contributed by atoms with Crippen LogP contribution in [0.3, 0.4) is 0 Å². The Labute approximate surface area is 108 Å². The summed E-state index contributed by atoms with van der Waals surface area (Å²) in [6.07, 6.45) is 6.54. The smallest absolute Gasteiger partial charge is 0.248 e. The molecule has 0 N–H and O–H groups in total. The summed E-state index contributed by atoms with van der Waals surface area (Å²) in [5.41, 5.74) is 1.04. The van der Waals surface area contributed by atoms with Crippen molar-refractivity contribution in [2.24, 2.45) is 0 Å². The van der Waals surface area contributed by atoms with Crippen LogP contribution >= 0.6 is 0 Å². The Kier molecular flexibility index (Phi) is 4.53. The zero-order chi connectivity index (χ0) is 12.8. The van der Waals surface area contributed by atoms with Crippen molar-refractivity contribution in [1.29, 1.82) is 0 Å². The molecule has 1 aliphatic rings. The predicted molar refractivity (Wildman–Crippen MR) is 71.8 cm³/mol. The number of piperidine rings is 1. The van der Waals surface area contributed by atoms with Crippen molar-refractivity contribution in [3.05, 3.63) is 42.0 Å². The highest BCUT2D eigenvalue weighted by Gasteiger charge is 2.24. The van der Waals surface area contributed by atoms with E-state index >= 15 is 0 Å². The van der Waals surface area contributed by atoms with Crippen LogP contribution in [0.2, 0.25) is 0 Å². The zero-order valence-corrected chi connectivity index (χ0v) is 10.7. The number of amides is 1. The van der Waals surface area contributed by atoms with Gasteiger partial charge in [-0.15, -0.1) is 0 Å². The quantitative estimate of drug-likeness (QED) is 0.766. The normalized spacial score (nSPS) is 20.3. The molecule has 0 saturated carbocycles. The average Bonchev–Trinajstić information content (AvgIpc) is 2.45. The number of benzene rings is 1. The summed E-state index contributed by atoms with van der Waals surface area (Å²) in [7, 11) is 1.66. The van der Waals surface area contributed by atoms with E-state index in [0.29, 0.717) is 0 Å². The molecule has 1 fully saturated rings. The average molecular weight is 245 g/mol. The van der Waals surface area contributed by atoms with Crippen LogP contribution < -0.4 is 0 Å². The summed E-state index contributed by atoms with van der Waals surface area (Å²) < 4.78 is 5.35. The highest BCUT2D eigenvalue weighted by Crippen LogP contribution is 2.18. The molecular formula is C15H19NO2. The predicted octanol–water partition coefficient (Wildman–Crippen LogP) is 2.68. The number of hydrogen-bond donors (Lipinski definition) is 0.